The zero-order chi connectivity index (χ0) is 12.8. The van der Waals surface area contributed by atoms with Crippen LogP contribution in [0.5, 0.6) is 0 Å². The molecule has 0 bridgehead atoms. The van der Waals surface area contributed by atoms with E-state index in [0.29, 0.717) is 6.61 Å². The van der Waals surface area contributed by atoms with Crippen molar-refractivity contribution in [3.63, 3.8) is 0 Å². The third kappa shape index (κ3) is 4.01. The van der Waals surface area contributed by atoms with Crippen molar-refractivity contribution in [3.8, 4) is 0 Å². The molecule has 0 saturated carbocycles. The highest BCUT2D eigenvalue weighted by Crippen LogP contribution is 2.13. The lowest BCUT2D eigenvalue weighted by Crippen LogP contribution is -2.27. The summed E-state index contributed by atoms with van der Waals surface area (Å²) in [7, 11) is 1.88. The van der Waals surface area contributed by atoms with Crippen molar-refractivity contribution in [2.75, 3.05) is 19.8 Å². The minimum atomic E-state index is -0.00865. The molecule has 1 aliphatic rings. The van der Waals surface area contributed by atoms with Gasteiger partial charge in [0.1, 0.15) is 0 Å². The van der Waals surface area contributed by atoms with Gasteiger partial charge in [0.15, 0.2) is 10.9 Å². The second-order valence-corrected chi connectivity index (χ2v) is 5.05. The molecule has 1 aliphatic heterocycles. The standard InChI is InChI=1S/C11H19BrN4O2/c1-16-9(11(12)14-15-16)8-13-5-7-18-10-4-2-3-6-17-10/h10,13H,2-8H2,1H3. The van der Waals surface area contributed by atoms with Crippen LogP contribution in [0, 0.1) is 0 Å². The van der Waals surface area contributed by atoms with Crippen molar-refractivity contribution in [3.05, 3.63) is 10.3 Å². The third-order valence-corrected chi connectivity index (χ3v) is 3.52. The molecule has 0 aromatic carbocycles. The van der Waals surface area contributed by atoms with E-state index in [0.717, 1.165) is 42.8 Å². The van der Waals surface area contributed by atoms with E-state index in [2.05, 4.69) is 31.6 Å². The fourth-order valence-corrected chi connectivity index (χ4v) is 2.32. The van der Waals surface area contributed by atoms with Gasteiger partial charge < -0.3 is 14.8 Å². The highest BCUT2D eigenvalue weighted by atomic mass is 79.9. The number of nitrogens with one attached hydrogen (secondary N) is 1. The van der Waals surface area contributed by atoms with Crippen LogP contribution in [-0.2, 0) is 23.1 Å². The number of hydrogen-bond donors (Lipinski definition) is 1. The topological polar surface area (TPSA) is 61.2 Å². The molecule has 0 amide bonds. The van der Waals surface area contributed by atoms with Crippen molar-refractivity contribution in [2.24, 2.45) is 7.05 Å². The van der Waals surface area contributed by atoms with E-state index in [1.165, 1.54) is 6.42 Å². The number of halogens is 1. The molecule has 2 heterocycles. The van der Waals surface area contributed by atoms with Crippen LogP contribution in [0.3, 0.4) is 0 Å². The highest BCUT2D eigenvalue weighted by Gasteiger charge is 2.13. The lowest BCUT2D eigenvalue weighted by Gasteiger charge is -2.22. The number of nitrogens with zero attached hydrogens (tertiary/aromatic N) is 3. The Morgan fingerprint density at radius 3 is 3.11 bits per heavy atom. The Bertz CT molecular complexity index is 346. The predicted octanol–water partition coefficient (Wildman–Crippen LogP) is 1.21. The van der Waals surface area contributed by atoms with E-state index < -0.39 is 0 Å². The maximum atomic E-state index is 5.63. The van der Waals surface area contributed by atoms with Crippen molar-refractivity contribution in [2.45, 2.75) is 32.1 Å². The summed E-state index contributed by atoms with van der Waals surface area (Å²) in [4.78, 5) is 0. The molecule has 0 spiro atoms. The monoisotopic (exact) mass is 318 g/mol. The Kier molecular flexibility index (Phi) is 5.55. The fraction of sp³-hybridized carbons (Fsp3) is 0.818. The Labute approximate surface area is 115 Å². The summed E-state index contributed by atoms with van der Waals surface area (Å²) in [5, 5.41) is 11.1. The molecule has 1 saturated heterocycles. The maximum Gasteiger partial charge on any atom is 0.157 e. The predicted molar refractivity (Wildman–Crippen MR) is 70.0 cm³/mol. The average molecular weight is 319 g/mol. The highest BCUT2D eigenvalue weighted by molar-refractivity contribution is 9.10. The van der Waals surface area contributed by atoms with Crippen molar-refractivity contribution >= 4 is 15.9 Å². The number of rotatable bonds is 6. The first-order chi connectivity index (χ1) is 8.77. The molecule has 0 aliphatic carbocycles. The molecular formula is C11H19BrN4O2. The second kappa shape index (κ2) is 7.18. The van der Waals surface area contributed by atoms with E-state index in [1.807, 2.05) is 7.05 Å². The van der Waals surface area contributed by atoms with E-state index in [4.69, 9.17) is 9.47 Å². The number of aromatic nitrogens is 3. The van der Waals surface area contributed by atoms with Crippen molar-refractivity contribution in [1.82, 2.24) is 20.3 Å². The van der Waals surface area contributed by atoms with Gasteiger partial charge in [0.25, 0.3) is 0 Å². The minimum Gasteiger partial charge on any atom is -0.353 e. The van der Waals surface area contributed by atoms with Crippen LogP contribution in [0.1, 0.15) is 25.0 Å². The van der Waals surface area contributed by atoms with Gasteiger partial charge in [-0.2, -0.15) is 0 Å². The quantitative estimate of drug-likeness (QED) is 0.799. The number of hydrogen-bond acceptors (Lipinski definition) is 5. The normalized spacial score (nSPS) is 20.2. The molecule has 1 N–H and O–H groups in total. The van der Waals surface area contributed by atoms with Gasteiger partial charge in [-0.1, -0.05) is 5.21 Å². The largest absolute Gasteiger partial charge is 0.353 e. The minimum absolute atomic E-state index is 0.00865. The molecule has 18 heavy (non-hydrogen) atoms. The van der Waals surface area contributed by atoms with Gasteiger partial charge in [0.05, 0.1) is 12.3 Å². The average Bonchev–Trinajstić information content (AvgIpc) is 2.71. The van der Waals surface area contributed by atoms with Gasteiger partial charge in [-0.25, -0.2) is 4.68 Å². The van der Waals surface area contributed by atoms with Crippen LogP contribution >= 0.6 is 15.9 Å². The molecule has 1 fully saturated rings. The van der Waals surface area contributed by atoms with E-state index in [1.54, 1.807) is 4.68 Å². The van der Waals surface area contributed by atoms with Crippen molar-refractivity contribution in [1.29, 1.82) is 0 Å². The molecule has 7 heteroatoms. The molecule has 6 nitrogen and oxygen atoms in total. The van der Waals surface area contributed by atoms with Gasteiger partial charge >= 0.3 is 0 Å². The number of aryl methyl sites for hydroxylation is 1. The SMILES string of the molecule is Cn1nnc(Br)c1CNCCOC1CCCCO1. The first-order valence-electron chi connectivity index (χ1n) is 6.25. The zero-order valence-electron chi connectivity index (χ0n) is 10.6. The molecule has 1 aromatic rings. The van der Waals surface area contributed by atoms with Gasteiger partial charge in [-0.05, 0) is 35.2 Å². The maximum absolute atomic E-state index is 5.63. The number of ether oxygens (including phenoxy) is 2. The van der Waals surface area contributed by atoms with Crippen LogP contribution in [-0.4, -0.2) is 41.0 Å². The van der Waals surface area contributed by atoms with Crippen LogP contribution in [0.25, 0.3) is 0 Å². The second-order valence-electron chi connectivity index (χ2n) is 4.29. The molecule has 1 atom stereocenters. The van der Waals surface area contributed by atoms with Gasteiger partial charge in [-0.3, -0.25) is 0 Å². The molecular weight excluding hydrogens is 300 g/mol. The third-order valence-electron chi connectivity index (χ3n) is 2.91. The van der Waals surface area contributed by atoms with Crippen LogP contribution in [0.2, 0.25) is 0 Å². The first kappa shape index (κ1) is 13.9. The lowest BCUT2D eigenvalue weighted by atomic mass is 10.2. The Hall–Kier alpha value is -0.500. The van der Waals surface area contributed by atoms with E-state index in [9.17, 15) is 0 Å². The smallest absolute Gasteiger partial charge is 0.157 e. The lowest BCUT2D eigenvalue weighted by molar-refractivity contribution is -0.161. The van der Waals surface area contributed by atoms with E-state index >= 15 is 0 Å². The summed E-state index contributed by atoms with van der Waals surface area (Å²) in [6.45, 7) is 3.00. The van der Waals surface area contributed by atoms with Gasteiger partial charge in [0.2, 0.25) is 0 Å². The van der Waals surface area contributed by atoms with Gasteiger partial charge in [0, 0.05) is 26.7 Å². The van der Waals surface area contributed by atoms with Crippen LogP contribution in [0.15, 0.2) is 4.60 Å². The first-order valence-corrected chi connectivity index (χ1v) is 7.04. The van der Waals surface area contributed by atoms with Crippen molar-refractivity contribution < 1.29 is 9.47 Å². The molecule has 0 radical (unpaired) electrons. The summed E-state index contributed by atoms with van der Waals surface area (Å²) >= 11 is 3.36. The Morgan fingerprint density at radius 1 is 1.56 bits per heavy atom. The summed E-state index contributed by atoms with van der Waals surface area (Å²) in [6.07, 6.45) is 3.35. The molecule has 1 aromatic heterocycles. The molecule has 102 valence electrons. The summed E-state index contributed by atoms with van der Waals surface area (Å²) in [5.41, 5.74) is 1.03. The Morgan fingerprint density at radius 2 is 2.44 bits per heavy atom. The molecule has 1 unspecified atom stereocenters. The summed E-state index contributed by atoms with van der Waals surface area (Å²) in [6, 6.07) is 0. The van der Waals surface area contributed by atoms with Crippen LogP contribution in [0.4, 0.5) is 0 Å². The van der Waals surface area contributed by atoms with Crippen LogP contribution < -0.4 is 5.32 Å². The summed E-state index contributed by atoms with van der Waals surface area (Å²) < 4.78 is 13.7. The fourth-order valence-electron chi connectivity index (χ4n) is 1.85. The summed E-state index contributed by atoms with van der Waals surface area (Å²) in [5.74, 6) is 0. The molecule has 2 rings (SSSR count). The Balaban J connectivity index is 1.58. The van der Waals surface area contributed by atoms with Gasteiger partial charge in [-0.15, -0.1) is 5.10 Å². The van der Waals surface area contributed by atoms with E-state index in [-0.39, 0.29) is 6.29 Å². The zero-order valence-corrected chi connectivity index (χ0v) is 12.1.